The SMILES string of the molecule is COCC(=O)N1CCC(NC(=O)C(N)CC(=O)O)CC1. The van der Waals surface area contributed by atoms with Crippen molar-refractivity contribution in [2.75, 3.05) is 26.8 Å². The van der Waals surface area contributed by atoms with Gasteiger partial charge in [-0.1, -0.05) is 0 Å². The highest BCUT2D eigenvalue weighted by Crippen LogP contribution is 2.11. The molecule has 8 nitrogen and oxygen atoms in total. The van der Waals surface area contributed by atoms with Crippen molar-refractivity contribution in [3.63, 3.8) is 0 Å². The number of nitrogens with one attached hydrogen (secondary N) is 1. The number of hydrogen-bond donors (Lipinski definition) is 3. The van der Waals surface area contributed by atoms with E-state index < -0.39 is 24.3 Å². The lowest BCUT2D eigenvalue weighted by molar-refractivity contribution is -0.140. The first-order valence-corrected chi connectivity index (χ1v) is 6.48. The molecule has 8 heteroatoms. The fourth-order valence-corrected chi connectivity index (χ4v) is 2.08. The molecule has 0 bridgehead atoms. The Morgan fingerprint density at radius 3 is 2.50 bits per heavy atom. The van der Waals surface area contributed by atoms with Crippen molar-refractivity contribution in [3.8, 4) is 0 Å². The summed E-state index contributed by atoms with van der Waals surface area (Å²) >= 11 is 0. The average Bonchev–Trinajstić information content (AvgIpc) is 2.39. The molecular weight excluding hydrogens is 266 g/mol. The van der Waals surface area contributed by atoms with Crippen LogP contribution in [-0.2, 0) is 19.1 Å². The third-order valence-corrected chi connectivity index (χ3v) is 3.19. The molecule has 1 aliphatic rings. The second-order valence-corrected chi connectivity index (χ2v) is 4.80. The monoisotopic (exact) mass is 287 g/mol. The number of methoxy groups -OCH3 is 1. The second kappa shape index (κ2) is 7.81. The molecule has 1 aliphatic heterocycles. The predicted molar refractivity (Wildman–Crippen MR) is 69.8 cm³/mol. The minimum atomic E-state index is -1.10. The van der Waals surface area contributed by atoms with E-state index in [1.807, 2.05) is 0 Å². The zero-order valence-corrected chi connectivity index (χ0v) is 11.5. The molecule has 0 aromatic carbocycles. The Kier molecular flexibility index (Phi) is 6.40. The minimum Gasteiger partial charge on any atom is -0.481 e. The molecule has 1 atom stereocenters. The maximum absolute atomic E-state index is 11.7. The summed E-state index contributed by atoms with van der Waals surface area (Å²) < 4.78 is 4.78. The van der Waals surface area contributed by atoms with Crippen LogP contribution < -0.4 is 11.1 Å². The third kappa shape index (κ3) is 5.14. The Bertz CT molecular complexity index is 366. The fourth-order valence-electron chi connectivity index (χ4n) is 2.08. The molecule has 0 spiro atoms. The molecule has 1 heterocycles. The lowest BCUT2D eigenvalue weighted by Gasteiger charge is -2.32. The van der Waals surface area contributed by atoms with Crippen molar-refractivity contribution in [1.82, 2.24) is 10.2 Å². The van der Waals surface area contributed by atoms with Gasteiger partial charge in [0.05, 0.1) is 12.5 Å². The Balaban J connectivity index is 2.33. The van der Waals surface area contributed by atoms with Crippen molar-refractivity contribution in [1.29, 1.82) is 0 Å². The topological polar surface area (TPSA) is 122 Å². The number of nitrogens with zero attached hydrogens (tertiary/aromatic N) is 1. The Morgan fingerprint density at radius 2 is 2.00 bits per heavy atom. The van der Waals surface area contributed by atoms with Gasteiger partial charge in [-0.25, -0.2) is 0 Å². The number of piperidine rings is 1. The van der Waals surface area contributed by atoms with Crippen LogP contribution in [0.25, 0.3) is 0 Å². The molecule has 114 valence electrons. The first kappa shape index (κ1) is 16.4. The van der Waals surface area contributed by atoms with Gasteiger partial charge >= 0.3 is 5.97 Å². The van der Waals surface area contributed by atoms with Crippen molar-refractivity contribution in [2.45, 2.75) is 31.3 Å². The number of ether oxygens (including phenoxy) is 1. The molecule has 4 N–H and O–H groups in total. The number of carbonyl (C=O) groups excluding carboxylic acids is 2. The van der Waals surface area contributed by atoms with E-state index in [1.54, 1.807) is 4.90 Å². The van der Waals surface area contributed by atoms with Crippen LogP contribution in [0.15, 0.2) is 0 Å². The molecule has 1 unspecified atom stereocenters. The first-order valence-electron chi connectivity index (χ1n) is 6.48. The number of carboxylic acids is 1. The van der Waals surface area contributed by atoms with E-state index in [-0.39, 0.29) is 18.6 Å². The van der Waals surface area contributed by atoms with Crippen LogP contribution in [0.3, 0.4) is 0 Å². The Morgan fingerprint density at radius 1 is 1.40 bits per heavy atom. The van der Waals surface area contributed by atoms with Gasteiger partial charge in [0.15, 0.2) is 0 Å². The van der Waals surface area contributed by atoms with Crippen LogP contribution in [0.2, 0.25) is 0 Å². The van der Waals surface area contributed by atoms with E-state index in [2.05, 4.69) is 5.32 Å². The largest absolute Gasteiger partial charge is 0.481 e. The number of likely N-dealkylation sites (tertiary alicyclic amines) is 1. The number of hydrogen-bond acceptors (Lipinski definition) is 5. The lowest BCUT2D eigenvalue weighted by Crippen LogP contribution is -2.51. The normalized spacial score (nSPS) is 17.6. The number of rotatable bonds is 6. The predicted octanol–water partition coefficient (Wildman–Crippen LogP) is -1.46. The quantitative estimate of drug-likeness (QED) is 0.549. The smallest absolute Gasteiger partial charge is 0.305 e. The zero-order valence-electron chi connectivity index (χ0n) is 11.5. The van der Waals surface area contributed by atoms with Crippen LogP contribution in [0, 0.1) is 0 Å². The summed E-state index contributed by atoms with van der Waals surface area (Å²) in [5, 5.41) is 11.3. The molecule has 2 amide bonds. The first-order chi connectivity index (χ1) is 9.43. The molecule has 1 fully saturated rings. The van der Waals surface area contributed by atoms with Crippen molar-refractivity contribution in [3.05, 3.63) is 0 Å². The highest BCUT2D eigenvalue weighted by molar-refractivity contribution is 5.86. The summed E-state index contributed by atoms with van der Waals surface area (Å²) in [5.74, 6) is -1.64. The standard InChI is InChI=1S/C12H21N3O5/c1-20-7-10(16)15-4-2-8(3-5-15)14-12(19)9(13)6-11(17)18/h8-9H,2-7,13H2,1H3,(H,14,19)(H,17,18). The van der Waals surface area contributed by atoms with Crippen LogP contribution in [0.5, 0.6) is 0 Å². The van der Waals surface area contributed by atoms with E-state index >= 15 is 0 Å². The Hall–Kier alpha value is -1.67. The molecule has 20 heavy (non-hydrogen) atoms. The molecule has 1 saturated heterocycles. The number of amides is 2. The van der Waals surface area contributed by atoms with Crippen molar-refractivity contribution in [2.24, 2.45) is 5.73 Å². The molecule has 0 aromatic rings. The maximum Gasteiger partial charge on any atom is 0.305 e. The van der Waals surface area contributed by atoms with Gasteiger partial charge < -0.3 is 25.8 Å². The molecule has 0 radical (unpaired) electrons. The van der Waals surface area contributed by atoms with Gasteiger partial charge in [-0.2, -0.15) is 0 Å². The molecular formula is C12H21N3O5. The number of carbonyl (C=O) groups is 3. The number of aliphatic carboxylic acids is 1. The summed E-state index contributed by atoms with van der Waals surface area (Å²) in [6.45, 7) is 1.14. The van der Waals surface area contributed by atoms with Gasteiger partial charge in [0, 0.05) is 26.2 Å². The van der Waals surface area contributed by atoms with Crippen molar-refractivity contribution < 1.29 is 24.2 Å². The second-order valence-electron chi connectivity index (χ2n) is 4.80. The average molecular weight is 287 g/mol. The number of nitrogens with two attached hydrogens (primary N) is 1. The maximum atomic E-state index is 11.7. The van der Waals surface area contributed by atoms with E-state index in [0.717, 1.165) is 0 Å². The summed E-state index contributed by atoms with van der Waals surface area (Å²) in [6, 6.07) is -1.12. The van der Waals surface area contributed by atoms with Gasteiger partial charge in [0.25, 0.3) is 0 Å². The van der Waals surface area contributed by atoms with Crippen LogP contribution >= 0.6 is 0 Å². The van der Waals surface area contributed by atoms with Gasteiger partial charge in [0.2, 0.25) is 11.8 Å². The molecule has 0 saturated carbocycles. The number of carboxylic acid groups (broad SMARTS) is 1. The zero-order chi connectivity index (χ0) is 15.1. The summed E-state index contributed by atoms with van der Waals surface area (Å²) in [7, 11) is 1.47. The molecule has 1 rings (SSSR count). The lowest BCUT2D eigenvalue weighted by atomic mass is 10.0. The minimum absolute atomic E-state index is 0.0561. The fraction of sp³-hybridized carbons (Fsp3) is 0.750. The molecule has 0 aliphatic carbocycles. The summed E-state index contributed by atoms with van der Waals surface area (Å²) in [6.07, 6.45) is 0.860. The van der Waals surface area contributed by atoms with E-state index in [1.165, 1.54) is 7.11 Å². The van der Waals surface area contributed by atoms with Crippen LogP contribution in [0.4, 0.5) is 0 Å². The van der Waals surface area contributed by atoms with Gasteiger partial charge in [0.1, 0.15) is 6.61 Å². The van der Waals surface area contributed by atoms with Gasteiger partial charge in [-0.15, -0.1) is 0 Å². The third-order valence-electron chi connectivity index (χ3n) is 3.19. The molecule has 0 aromatic heterocycles. The van der Waals surface area contributed by atoms with Gasteiger partial charge in [-0.05, 0) is 12.8 Å². The van der Waals surface area contributed by atoms with Crippen molar-refractivity contribution >= 4 is 17.8 Å². The van der Waals surface area contributed by atoms with E-state index in [0.29, 0.717) is 25.9 Å². The van der Waals surface area contributed by atoms with E-state index in [9.17, 15) is 14.4 Å². The highest BCUT2D eigenvalue weighted by Gasteiger charge is 2.25. The summed E-state index contributed by atoms with van der Waals surface area (Å²) in [4.78, 5) is 35.4. The highest BCUT2D eigenvalue weighted by atomic mass is 16.5. The van der Waals surface area contributed by atoms with Crippen LogP contribution in [-0.4, -0.2) is 66.7 Å². The summed E-state index contributed by atoms with van der Waals surface area (Å²) in [5.41, 5.74) is 5.48. The van der Waals surface area contributed by atoms with E-state index in [4.69, 9.17) is 15.6 Å². The van der Waals surface area contributed by atoms with Crippen LogP contribution in [0.1, 0.15) is 19.3 Å². The Labute approximate surface area is 117 Å². The van der Waals surface area contributed by atoms with Gasteiger partial charge in [-0.3, -0.25) is 14.4 Å².